The van der Waals surface area contributed by atoms with E-state index in [0.29, 0.717) is 18.5 Å². The van der Waals surface area contributed by atoms with E-state index in [2.05, 4.69) is 5.32 Å². The molecule has 0 aromatic heterocycles. The first-order valence-electron chi connectivity index (χ1n) is 6.43. The van der Waals surface area contributed by atoms with E-state index in [4.69, 9.17) is 5.73 Å². The number of carbonyl (C=O) groups is 3. The van der Waals surface area contributed by atoms with Gasteiger partial charge in [-0.25, -0.2) is 0 Å². The fourth-order valence-corrected chi connectivity index (χ4v) is 2.14. The van der Waals surface area contributed by atoms with E-state index < -0.39 is 6.04 Å². The van der Waals surface area contributed by atoms with Crippen LogP contribution in [-0.2, 0) is 16.0 Å². The predicted molar refractivity (Wildman–Crippen MR) is 72.8 cm³/mol. The van der Waals surface area contributed by atoms with Crippen molar-refractivity contribution in [2.45, 2.75) is 18.9 Å². The zero-order chi connectivity index (χ0) is 14.7. The molecule has 6 heteroatoms. The SMILES string of the molecule is CN1C(=O)CC(NC(=O)c2cccc(CCN)c2)C1=O. The number of likely N-dealkylation sites (tertiary alicyclic amines) is 1. The first-order chi connectivity index (χ1) is 9.52. The Kier molecular flexibility index (Phi) is 4.14. The molecule has 1 aliphatic rings. The second kappa shape index (κ2) is 5.83. The van der Waals surface area contributed by atoms with Gasteiger partial charge in [-0.1, -0.05) is 12.1 Å². The van der Waals surface area contributed by atoms with Gasteiger partial charge in [0.1, 0.15) is 6.04 Å². The summed E-state index contributed by atoms with van der Waals surface area (Å²) in [6.45, 7) is 0.505. The largest absolute Gasteiger partial charge is 0.340 e. The van der Waals surface area contributed by atoms with Gasteiger partial charge >= 0.3 is 0 Å². The molecule has 106 valence electrons. The van der Waals surface area contributed by atoms with Crippen LogP contribution < -0.4 is 11.1 Å². The Balaban J connectivity index is 2.07. The van der Waals surface area contributed by atoms with Gasteiger partial charge in [0.2, 0.25) is 5.91 Å². The van der Waals surface area contributed by atoms with Gasteiger partial charge in [0.25, 0.3) is 11.8 Å². The summed E-state index contributed by atoms with van der Waals surface area (Å²) >= 11 is 0. The molecule has 0 bridgehead atoms. The summed E-state index contributed by atoms with van der Waals surface area (Å²) < 4.78 is 0. The molecule has 6 nitrogen and oxygen atoms in total. The van der Waals surface area contributed by atoms with Crippen LogP contribution in [0.1, 0.15) is 22.3 Å². The van der Waals surface area contributed by atoms with Crippen LogP contribution in [-0.4, -0.2) is 42.3 Å². The minimum atomic E-state index is -0.766. The summed E-state index contributed by atoms with van der Waals surface area (Å²) in [6, 6.07) is 6.31. The molecule has 0 saturated carbocycles. The molecule has 0 radical (unpaired) electrons. The fraction of sp³-hybridized carbons (Fsp3) is 0.357. The molecule has 0 aliphatic carbocycles. The number of hydrogen-bond donors (Lipinski definition) is 2. The number of rotatable bonds is 4. The number of benzene rings is 1. The molecule has 1 aromatic carbocycles. The van der Waals surface area contributed by atoms with Crippen LogP contribution in [0.2, 0.25) is 0 Å². The lowest BCUT2D eigenvalue weighted by molar-refractivity contribution is -0.137. The Morgan fingerprint density at radius 2 is 2.20 bits per heavy atom. The summed E-state index contributed by atoms with van der Waals surface area (Å²) in [5.41, 5.74) is 6.91. The van der Waals surface area contributed by atoms with Gasteiger partial charge < -0.3 is 11.1 Å². The average molecular weight is 275 g/mol. The highest BCUT2D eigenvalue weighted by Gasteiger charge is 2.36. The molecule has 1 saturated heterocycles. The summed E-state index contributed by atoms with van der Waals surface area (Å²) in [5, 5.41) is 2.59. The Bertz CT molecular complexity index is 556. The lowest BCUT2D eigenvalue weighted by Gasteiger charge is -2.11. The number of imide groups is 1. The van der Waals surface area contributed by atoms with Crippen LogP contribution in [0.15, 0.2) is 24.3 Å². The monoisotopic (exact) mass is 275 g/mol. The maximum absolute atomic E-state index is 12.1. The predicted octanol–water partition coefficient (Wildman–Crippen LogP) is -0.325. The van der Waals surface area contributed by atoms with Gasteiger partial charge in [-0.15, -0.1) is 0 Å². The highest BCUT2D eigenvalue weighted by atomic mass is 16.2. The molecule has 1 atom stereocenters. The average Bonchev–Trinajstić information content (AvgIpc) is 2.67. The van der Waals surface area contributed by atoms with Crippen LogP contribution in [0.25, 0.3) is 0 Å². The molecule has 3 amide bonds. The van der Waals surface area contributed by atoms with Crippen molar-refractivity contribution in [3.8, 4) is 0 Å². The van der Waals surface area contributed by atoms with Gasteiger partial charge in [-0.05, 0) is 30.7 Å². The van der Waals surface area contributed by atoms with Crippen LogP contribution in [0.5, 0.6) is 0 Å². The molecule has 1 aliphatic heterocycles. The van der Waals surface area contributed by atoms with Crippen molar-refractivity contribution in [3.63, 3.8) is 0 Å². The quantitative estimate of drug-likeness (QED) is 0.736. The molecular weight excluding hydrogens is 258 g/mol. The Labute approximate surface area is 116 Å². The van der Waals surface area contributed by atoms with E-state index >= 15 is 0 Å². The third-order valence-corrected chi connectivity index (χ3v) is 3.31. The van der Waals surface area contributed by atoms with Gasteiger partial charge in [-0.3, -0.25) is 19.3 Å². The van der Waals surface area contributed by atoms with Crippen molar-refractivity contribution in [2.75, 3.05) is 13.6 Å². The second-order valence-corrected chi connectivity index (χ2v) is 4.76. The maximum atomic E-state index is 12.1. The smallest absolute Gasteiger partial charge is 0.252 e. The lowest BCUT2D eigenvalue weighted by atomic mass is 10.1. The lowest BCUT2D eigenvalue weighted by Crippen LogP contribution is -2.40. The first kappa shape index (κ1) is 14.2. The van der Waals surface area contributed by atoms with Gasteiger partial charge in [0, 0.05) is 12.6 Å². The number of amides is 3. The van der Waals surface area contributed by atoms with E-state index in [1.807, 2.05) is 6.07 Å². The minimum absolute atomic E-state index is 0.0174. The molecule has 0 spiro atoms. The first-order valence-corrected chi connectivity index (χ1v) is 6.43. The number of hydrogen-bond acceptors (Lipinski definition) is 4. The van der Waals surface area contributed by atoms with E-state index in [0.717, 1.165) is 10.5 Å². The molecule has 1 unspecified atom stereocenters. The second-order valence-electron chi connectivity index (χ2n) is 4.76. The highest BCUT2D eigenvalue weighted by molar-refractivity contribution is 6.08. The number of nitrogens with zero attached hydrogens (tertiary/aromatic N) is 1. The summed E-state index contributed by atoms with van der Waals surface area (Å²) in [7, 11) is 1.42. The third kappa shape index (κ3) is 2.85. The van der Waals surface area contributed by atoms with Crippen LogP contribution in [0.4, 0.5) is 0 Å². The highest BCUT2D eigenvalue weighted by Crippen LogP contribution is 2.12. The third-order valence-electron chi connectivity index (χ3n) is 3.31. The maximum Gasteiger partial charge on any atom is 0.252 e. The molecule has 3 N–H and O–H groups in total. The van der Waals surface area contributed by atoms with Gasteiger partial charge in [-0.2, -0.15) is 0 Å². The van der Waals surface area contributed by atoms with Crippen LogP contribution in [0.3, 0.4) is 0 Å². The molecular formula is C14H17N3O3. The van der Waals surface area contributed by atoms with Crippen molar-refractivity contribution in [2.24, 2.45) is 5.73 Å². The Morgan fingerprint density at radius 3 is 2.80 bits per heavy atom. The molecule has 2 rings (SSSR count). The van der Waals surface area contributed by atoms with E-state index in [9.17, 15) is 14.4 Å². The molecule has 1 heterocycles. The van der Waals surface area contributed by atoms with Crippen molar-refractivity contribution in [3.05, 3.63) is 35.4 Å². The zero-order valence-corrected chi connectivity index (χ0v) is 11.3. The Morgan fingerprint density at radius 1 is 1.45 bits per heavy atom. The van der Waals surface area contributed by atoms with E-state index in [-0.39, 0.29) is 24.1 Å². The van der Waals surface area contributed by atoms with E-state index in [1.54, 1.807) is 18.2 Å². The van der Waals surface area contributed by atoms with Crippen LogP contribution in [0, 0.1) is 0 Å². The minimum Gasteiger partial charge on any atom is -0.340 e. The zero-order valence-electron chi connectivity index (χ0n) is 11.3. The topological polar surface area (TPSA) is 92.5 Å². The number of likely N-dealkylation sites (N-methyl/N-ethyl adjacent to an activating group) is 1. The van der Waals surface area contributed by atoms with Gasteiger partial charge in [0.15, 0.2) is 0 Å². The van der Waals surface area contributed by atoms with Crippen molar-refractivity contribution in [1.82, 2.24) is 10.2 Å². The summed E-state index contributed by atoms with van der Waals surface area (Å²) in [4.78, 5) is 36.2. The Hall–Kier alpha value is -2.21. The number of nitrogens with two attached hydrogens (primary N) is 1. The van der Waals surface area contributed by atoms with Crippen molar-refractivity contribution in [1.29, 1.82) is 0 Å². The number of carbonyl (C=O) groups excluding carboxylic acids is 3. The normalized spacial score (nSPS) is 18.5. The number of nitrogens with one attached hydrogen (secondary N) is 1. The van der Waals surface area contributed by atoms with Crippen molar-refractivity contribution >= 4 is 17.7 Å². The molecule has 20 heavy (non-hydrogen) atoms. The fourth-order valence-electron chi connectivity index (χ4n) is 2.14. The standard InChI is InChI=1S/C14H17N3O3/c1-17-12(18)8-11(14(17)20)16-13(19)10-4-2-3-9(7-10)5-6-15/h2-4,7,11H,5-6,8,15H2,1H3,(H,16,19). The summed E-state index contributed by atoms with van der Waals surface area (Å²) in [5.74, 6) is -1.01. The van der Waals surface area contributed by atoms with Gasteiger partial charge in [0.05, 0.1) is 6.42 Å². The summed E-state index contributed by atoms with van der Waals surface area (Å²) in [6.07, 6.45) is 0.703. The van der Waals surface area contributed by atoms with Crippen LogP contribution >= 0.6 is 0 Å². The molecule has 1 aromatic rings. The van der Waals surface area contributed by atoms with E-state index in [1.165, 1.54) is 7.05 Å². The van der Waals surface area contributed by atoms with Crippen molar-refractivity contribution < 1.29 is 14.4 Å². The molecule has 1 fully saturated rings.